The predicted octanol–water partition coefficient (Wildman–Crippen LogP) is 2.85. The number of hydrogen-bond donors (Lipinski definition) is 2. The lowest BCUT2D eigenvalue weighted by atomic mass is 9.70. The zero-order valence-corrected chi connectivity index (χ0v) is 12.6. The fourth-order valence-electron chi connectivity index (χ4n) is 2.90. The maximum Gasteiger partial charge on any atom is 0.231 e. The number of hydrogen-bond acceptors (Lipinski definition) is 3. The highest BCUT2D eigenvalue weighted by atomic mass is 16.2. The Labute approximate surface area is 126 Å². The van der Waals surface area contributed by atoms with E-state index in [0.717, 1.165) is 36.9 Å². The lowest BCUT2D eigenvalue weighted by Crippen LogP contribution is -2.44. The van der Waals surface area contributed by atoms with Gasteiger partial charge in [0, 0.05) is 12.2 Å². The number of anilines is 1. The van der Waals surface area contributed by atoms with Gasteiger partial charge in [-0.2, -0.15) is 5.26 Å². The molecule has 21 heavy (non-hydrogen) atoms. The van der Waals surface area contributed by atoms with Gasteiger partial charge in [0.1, 0.15) is 0 Å². The van der Waals surface area contributed by atoms with Crippen molar-refractivity contribution in [2.45, 2.75) is 39.0 Å². The van der Waals surface area contributed by atoms with Gasteiger partial charge in [-0.25, -0.2) is 0 Å². The smallest absolute Gasteiger partial charge is 0.231 e. The molecule has 0 saturated heterocycles. The minimum absolute atomic E-state index is 0.0323. The van der Waals surface area contributed by atoms with Crippen LogP contribution < -0.4 is 11.1 Å². The van der Waals surface area contributed by atoms with E-state index < -0.39 is 5.41 Å². The second-order valence-corrected chi connectivity index (χ2v) is 6.15. The number of carbonyl (C=O) groups is 1. The summed E-state index contributed by atoms with van der Waals surface area (Å²) in [5, 5.41) is 11.6. The van der Waals surface area contributed by atoms with E-state index in [9.17, 15) is 4.79 Å². The van der Waals surface area contributed by atoms with Crippen LogP contribution in [-0.4, -0.2) is 12.5 Å². The number of nitrogens with one attached hydrogen (secondary N) is 1. The molecule has 1 aromatic rings. The van der Waals surface area contributed by atoms with Crippen molar-refractivity contribution in [3.05, 3.63) is 29.8 Å². The maximum atomic E-state index is 12.6. The van der Waals surface area contributed by atoms with Gasteiger partial charge in [0.15, 0.2) is 0 Å². The van der Waals surface area contributed by atoms with E-state index in [-0.39, 0.29) is 5.91 Å². The lowest BCUT2D eigenvalue weighted by Gasteiger charge is -2.37. The topological polar surface area (TPSA) is 78.9 Å². The third-order valence-corrected chi connectivity index (χ3v) is 4.60. The first-order valence-electron chi connectivity index (χ1n) is 7.57. The van der Waals surface area contributed by atoms with Gasteiger partial charge in [0.05, 0.1) is 17.9 Å². The standard InChI is InChI=1S/C17H23N3O/c1-13-6-9-17(12-19,10-7-13)16(21)20-15-4-2-14(3-5-15)8-11-18/h2-5,13H,6-10,12,19H2,1H3,(H,20,21). The summed E-state index contributed by atoms with van der Waals surface area (Å²) < 4.78 is 0. The molecule has 0 radical (unpaired) electrons. The van der Waals surface area contributed by atoms with E-state index in [1.54, 1.807) is 0 Å². The first kappa shape index (κ1) is 15.5. The van der Waals surface area contributed by atoms with Crippen molar-refractivity contribution >= 4 is 11.6 Å². The van der Waals surface area contributed by atoms with Crippen LogP contribution in [-0.2, 0) is 11.2 Å². The molecule has 3 N–H and O–H groups in total. The van der Waals surface area contributed by atoms with Crippen molar-refractivity contribution in [2.24, 2.45) is 17.1 Å². The Morgan fingerprint density at radius 2 is 2.00 bits per heavy atom. The molecular weight excluding hydrogens is 262 g/mol. The largest absolute Gasteiger partial charge is 0.329 e. The van der Waals surface area contributed by atoms with Gasteiger partial charge in [-0.3, -0.25) is 4.79 Å². The zero-order chi connectivity index (χ0) is 15.3. The van der Waals surface area contributed by atoms with Crippen LogP contribution in [0.1, 0.15) is 38.2 Å². The normalized spacial score (nSPS) is 25.1. The number of amides is 1. The molecule has 2 rings (SSSR count). The average Bonchev–Trinajstić information content (AvgIpc) is 2.50. The second-order valence-electron chi connectivity index (χ2n) is 6.15. The molecule has 0 heterocycles. The predicted molar refractivity (Wildman–Crippen MR) is 83.5 cm³/mol. The molecule has 0 bridgehead atoms. The first-order chi connectivity index (χ1) is 10.1. The zero-order valence-electron chi connectivity index (χ0n) is 12.6. The molecule has 0 spiro atoms. The molecular formula is C17H23N3O. The molecule has 0 aliphatic heterocycles. The van der Waals surface area contributed by atoms with Crippen molar-refractivity contribution in [1.29, 1.82) is 5.26 Å². The molecule has 4 heteroatoms. The van der Waals surface area contributed by atoms with Gasteiger partial charge in [-0.05, 0) is 49.3 Å². The third-order valence-electron chi connectivity index (χ3n) is 4.60. The Bertz CT molecular complexity index is 522. The maximum absolute atomic E-state index is 12.6. The van der Waals surface area contributed by atoms with Crippen LogP contribution in [0.25, 0.3) is 0 Å². The van der Waals surface area contributed by atoms with Crippen LogP contribution in [0, 0.1) is 22.7 Å². The molecule has 0 unspecified atom stereocenters. The quantitative estimate of drug-likeness (QED) is 0.892. The van der Waals surface area contributed by atoms with Gasteiger partial charge in [-0.1, -0.05) is 19.1 Å². The number of nitriles is 1. The Kier molecular flexibility index (Phi) is 4.98. The van der Waals surface area contributed by atoms with Crippen molar-refractivity contribution in [3.8, 4) is 6.07 Å². The van der Waals surface area contributed by atoms with E-state index in [0.29, 0.717) is 18.9 Å². The van der Waals surface area contributed by atoms with Crippen LogP contribution in [0.3, 0.4) is 0 Å². The average molecular weight is 285 g/mol. The Balaban J connectivity index is 2.04. The fourth-order valence-corrected chi connectivity index (χ4v) is 2.90. The van der Waals surface area contributed by atoms with Gasteiger partial charge >= 0.3 is 0 Å². The highest BCUT2D eigenvalue weighted by molar-refractivity contribution is 5.95. The summed E-state index contributed by atoms with van der Waals surface area (Å²) >= 11 is 0. The van der Waals surface area contributed by atoms with E-state index in [1.807, 2.05) is 24.3 Å². The highest BCUT2D eigenvalue weighted by Crippen LogP contribution is 2.39. The van der Waals surface area contributed by atoms with E-state index >= 15 is 0 Å². The Morgan fingerprint density at radius 3 is 2.52 bits per heavy atom. The number of nitrogens with zero attached hydrogens (tertiary/aromatic N) is 1. The summed E-state index contributed by atoms with van der Waals surface area (Å²) in [6.45, 7) is 2.63. The molecule has 112 valence electrons. The van der Waals surface area contributed by atoms with E-state index in [4.69, 9.17) is 11.0 Å². The van der Waals surface area contributed by atoms with Crippen LogP contribution >= 0.6 is 0 Å². The lowest BCUT2D eigenvalue weighted by molar-refractivity contribution is -0.127. The van der Waals surface area contributed by atoms with Crippen LogP contribution in [0.2, 0.25) is 0 Å². The van der Waals surface area contributed by atoms with Gasteiger partial charge in [0.25, 0.3) is 0 Å². The Morgan fingerprint density at radius 1 is 1.38 bits per heavy atom. The summed E-state index contributed by atoms with van der Waals surface area (Å²) in [4.78, 5) is 12.6. The fraction of sp³-hybridized carbons (Fsp3) is 0.529. The van der Waals surface area contributed by atoms with Gasteiger partial charge < -0.3 is 11.1 Å². The highest BCUT2D eigenvalue weighted by Gasteiger charge is 2.39. The molecule has 1 saturated carbocycles. The minimum Gasteiger partial charge on any atom is -0.329 e. The molecule has 4 nitrogen and oxygen atoms in total. The molecule has 0 atom stereocenters. The summed E-state index contributed by atoms with van der Waals surface area (Å²) in [6.07, 6.45) is 4.24. The summed E-state index contributed by atoms with van der Waals surface area (Å²) in [6, 6.07) is 9.55. The minimum atomic E-state index is -0.419. The molecule has 1 aliphatic carbocycles. The summed E-state index contributed by atoms with van der Waals surface area (Å²) in [5.74, 6) is 0.715. The SMILES string of the molecule is CC1CCC(CN)(C(=O)Nc2ccc(CC#N)cc2)CC1. The summed E-state index contributed by atoms with van der Waals surface area (Å²) in [5.41, 5.74) is 7.21. The van der Waals surface area contributed by atoms with E-state index in [1.165, 1.54) is 0 Å². The van der Waals surface area contributed by atoms with Crippen molar-refractivity contribution in [1.82, 2.24) is 0 Å². The number of benzene rings is 1. The van der Waals surface area contributed by atoms with Crippen LogP contribution in [0.5, 0.6) is 0 Å². The van der Waals surface area contributed by atoms with E-state index in [2.05, 4.69) is 18.3 Å². The van der Waals surface area contributed by atoms with Gasteiger partial charge in [0.2, 0.25) is 5.91 Å². The third kappa shape index (κ3) is 3.62. The number of carbonyl (C=O) groups excluding carboxylic acids is 1. The van der Waals surface area contributed by atoms with Crippen molar-refractivity contribution in [2.75, 3.05) is 11.9 Å². The molecule has 1 aliphatic rings. The Hall–Kier alpha value is -1.86. The molecule has 1 fully saturated rings. The first-order valence-corrected chi connectivity index (χ1v) is 7.57. The molecule has 1 aromatic carbocycles. The van der Waals surface area contributed by atoms with Crippen LogP contribution in [0.4, 0.5) is 5.69 Å². The molecule has 0 aromatic heterocycles. The van der Waals surface area contributed by atoms with Crippen molar-refractivity contribution in [3.63, 3.8) is 0 Å². The van der Waals surface area contributed by atoms with Crippen molar-refractivity contribution < 1.29 is 4.79 Å². The summed E-state index contributed by atoms with van der Waals surface area (Å²) in [7, 11) is 0. The number of nitrogens with two attached hydrogens (primary N) is 1. The second kappa shape index (κ2) is 6.73. The van der Waals surface area contributed by atoms with Gasteiger partial charge in [-0.15, -0.1) is 0 Å². The monoisotopic (exact) mass is 285 g/mol. The molecule has 1 amide bonds. The number of rotatable bonds is 4. The van der Waals surface area contributed by atoms with Crippen LogP contribution in [0.15, 0.2) is 24.3 Å².